The van der Waals surface area contributed by atoms with Crippen LogP contribution in [0.25, 0.3) is 10.8 Å². The number of non-ortho nitro benzene ring substituents is 1. The Kier molecular flexibility index (Phi) is 4.32. The van der Waals surface area contributed by atoms with Gasteiger partial charge in [0.05, 0.1) is 10.3 Å². The van der Waals surface area contributed by atoms with Gasteiger partial charge in [-0.15, -0.1) is 0 Å². The molecule has 0 spiro atoms. The van der Waals surface area contributed by atoms with Gasteiger partial charge in [-0.05, 0) is 18.6 Å². The van der Waals surface area contributed by atoms with E-state index in [1.54, 1.807) is 6.07 Å². The Hall–Kier alpha value is -2.70. The maximum Gasteiger partial charge on any atom is 0.326 e. The van der Waals surface area contributed by atoms with Crippen molar-refractivity contribution >= 4 is 28.1 Å². The third-order valence-electron chi connectivity index (χ3n) is 3.20. The van der Waals surface area contributed by atoms with Crippen molar-refractivity contribution in [3.05, 3.63) is 40.7 Å². The number of fused-ring (bicyclic) bond motifs is 1. The van der Waals surface area contributed by atoms with Gasteiger partial charge < -0.3 is 10.4 Å². The molecule has 0 aliphatic rings. The quantitative estimate of drug-likeness (QED) is 0.625. The number of carbonyl (C=O) groups is 1. The number of carboxylic acids is 1. The van der Waals surface area contributed by atoms with Crippen molar-refractivity contribution in [2.45, 2.75) is 25.8 Å². The average Bonchev–Trinajstić information content (AvgIpc) is 2.46. The van der Waals surface area contributed by atoms with Crippen LogP contribution in [0.4, 0.5) is 11.4 Å². The predicted octanol–water partition coefficient (Wildman–Crippen LogP) is 2.81. The maximum absolute atomic E-state index is 11.2. The fourth-order valence-electron chi connectivity index (χ4n) is 2.19. The highest BCUT2D eigenvalue weighted by molar-refractivity contribution is 5.99. The number of nitro benzene ring substituents is 1. The van der Waals surface area contributed by atoms with Gasteiger partial charge in [0, 0.05) is 29.5 Å². The molecule has 0 bridgehead atoms. The summed E-state index contributed by atoms with van der Waals surface area (Å²) >= 11 is 0. The van der Waals surface area contributed by atoms with Gasteiger partial charge in [0.1, 0.15) is 6.04 Å². The summed E-state index contributed by atoms with van der Waals surface area (Å²) in [5, 5.41) is 24.1. The van der Waals surface area contributed by atoms with Crippen LogP contribution in [0.5, 0.6) is 0 Å². The van der Waals surface area contributed by atoms with Gasteiger partial charge >= 0.3 is 5.97 Å². The van der Waals surface area contributed by atoms with Crippen molar-refractivity contribution in [2.24, 2.45) is 0 Å². The Balaban J connectivity index is 2.48. The summed E-state index contributed by atoms with van der Waals surface area (Å²) in [6.45, 7) is 1.90. The highest BCUT2D eigenvalue weighted by Gasteiger charge is 2.19. The molecule has 1 atom stereocenters. The van der Waals surface area contributed by atoms with Crippen LogP contribution in [-0.4, -0.2) is 27.0 Å². The molecule has 1 unspecified atom stereocenters. The maximum atomic E-state index is 11.2. The van der Waals surface area contributed by atoms with Crippen LogP contribution >= 0.6 is 0 Å². The third kappa shape index (κ3) is 3.07. The molecule has 0 saturated heterocycles. The first-order chi connectivity index (χ1) is 10.0. The first-order valence-corrected chi connectivity index (χ1v) is 6.55. The number of pyridine rings is 1. The molecule has 0 fully saturated rings. The molecule has 0 aliphatic carbocycles. The van der Waals surface area contributed by atoms with E-state index in [1.807, 2.05) is 6.92 Å². The van der Waals surface area contributed by atoms with Crippen molar-refractivity contribution in [2.75, 3.05) is 5.32 Å². The SMILES string of the molecule is CCCC(Nc1ccc([N+](=O)[O-])c2ccncc12)C(=O)O. The molecule has 21 heavy (non-hydrogen) atoms. The molecule has 0 saturated carbocycles. The van der Waals surface area contributed by atoms with Crippen molar-refractivity contribution < 1.29 is 14.8 Å². The fourth-order valence-corrected chi connectivity index (χ4v) is 2.19. The molecule has 1 heterocycles. The topological polar surface area (TPSA) is 105 Å². The molecule has 0 radical (unpaired) electrons. The lowest BCUT2D eigenvalue weighted by Gasteiger charge is -2.16. The number of nitrogens with one attached hydrogen (secondary N) is 1. The number of nitro groups is 1. The molecule has 0 amide bonds. The summed E-state index contributed by atoms with van der Waals surface area (Å²) in [5.41, 5.74) is 0.505. The molecule has 2 rings (SSSR count). The Morgan fingerprint density at radius 1 is 1.43 bits per heavy atom. The van der Waals surface area contributed by atoms with Gasteiger partial charge in [-0.2, -0.15) is 0 Å². The third-order valence-corrected chi connectivity index (χ3v) is 3.20. The Bertz CT molecular complexity index is 687. The van der Waals surface area contributed by atoms with E-state index in [1.165, 1.54) is 24.5 Å². The van der Waals surface area contributed by atoms with E-state index >= 15 is 0 Å². The van der Waals surface area contributed by atoms with E-state index in [-0.39, 0.29) is 5.69 Å². The second-order valence-electron chi connectivity index (χ2n) is 4.63. The highest BCUT2D eigenvalue weighted by Crippen LogP contribution is 2.31. The molecule has 110 valence electrons. The minimum atomic E-state index is -0.952. The Labute approximate surface area is 120 Å². The summed E-state index contributed by atoms with van der Waals surface area (Å²) in [6, 6.07) is 3.71. The summed E-state index contributed by atoms with van der Waals surface area (Å²) in [4.78, 5) is 25.7. The van der Waals surface area contributed by atoms with Gasteiger partial charge in [-0.25, -0.2) is 4.79 Å². The van der Waals surface area contributed by atoms with Crippen molar-refractivity contribution in [3.8, 4) is 0 Å². The average molecular weight is 289 g/mol. The van der Waals surface area contributed by atoms with Crippen molar-refractivity contribution in [3.63, 3.8) is 0 Å². The number of aliphatic carboxylic acids is 1. The van der Waals surface area contributed by atoms with E-state index in [0.717, 1.165) is 0 Å². The van der Waals surface area contributed by atoms with E-state index in [4.69, 9.17) is 0 Å². The zero-order valence-electron chi connectivity index (χ0n) is 11.4. The Morgan fingerprint density at radius 2 is 2.19 bits per heavy atom. The summed E-state index contributed by atoms with van der Waals surface area (Å²) in [6.07, 6.45) is 4.15. The van der Waals surface area contributed by atoms with Gasteiger partial charge in [0.25, 0.3) is 5.69 Å². The molecular formula is C14H15N3O4. The van der Waals surface area contributed by atoms with Crippen molar-refractivity contribution in [1.82, 2.24) is 4.98 Å². The number of anilines is 1. The highest BCUT2D eigenvalue weighted by atomic mass is 16.6. The van der Waals surface area contributed by atoms with Crippen LogP contribution in [0.2, 0.25) is 0 Å². The standard InChI is InChI=1S/C14H15N3O4/c1-2-3-12(14(18)19)16-11-4-5-13(17(20)21)9-6-7-15-8-10(9)11/h4-8,12,16H,2-3H2,1H3,(H,18,19). The molecule has 2 N–H and O–H groups in total. The zero-order valence-corrected chi connectivity index (χ0v) is 11.4. The number of rotatable bonds is 6. The predicted molar refractivity (Wildman–Crippen MR) is 78.4 cm³/mol. The second kappa shape index (κ2) is 6.17. The monoisotopic (exact) mass is 289 g/mol. The minimum Gasteiger partial charge on any atom is -0.480 e. The number of hydrogen-bond donors (Lipinski definition) is 2. The van der Waals surface area contributed by atoms with Crippen LogP contribution < -0.4 is 5.32 Å². The van der Waals surface area contributed by atoms with Gasteiger partial charge in [0.2, 0.25) is 0 Å². The second-order valence-corrected chi connectivity index (χ2v) is 4.63. The molecule has 0 aliphatic heterocycles. The fraction of sp³-hybridized carbons (Fsp3) is 0.286. The number of benzene rings is 1. The summed E-state index contributed by atoms with van der Waals surface area (Å²) < 4.78 is 0. The van der Waals surface area contributed by atoms with Gasteiger partial charge in [-0.3, -0.25) is 15.1 Å². The first-order valence-electron chi connectivity index (χ1n) is 6.55. The lowest BCUT2D eigenvalue weighted by molar-refractivity contribution is -0.383. The summed E-state index contributed by atoms with van der Waals surface area (Å²) in [5.74, 6) is -0.952. The van der Waals surface area contributed by atoms with Crippen LogP contribution in [-0.2, 0) is 4.79 Å². The molecule has 7 nitrogen and oxygen atoms in total. The lowest BCUT2D eigenvalue weighted by Crippen LogP contribution is -2.29. The minimum absolute atomic E-state index is 0.0275. The number of carboxylic acid groups (broad SMARTS) is 1. The van der Waals surface area contributed by atoms with Crippen LogP contribution in [0.3, 0.4) is 0 Å². The van der Waals surface area contributed by atoms with Gasteiger partial charge in [-0.1, -0.05) is 13.3 Å². The van der Waals surface area contributed by atoms with E-state index in [0.29, 0.717) is 29.3 Å². The lowest BCUT2D eigenvalue weighted by atomic mass is 10.1. The van der Waals surface area contributed by atoms with E-state index in [2.05, 4.69) is 10.3 Å². The largest absolute Gasteiger partial charge is 0.480 e. The zero-order chi connectivity index (χ0) is 15.4. The van der Waals surface area contributed by atoms with E-state index in [9.17, 15) is 20.0 Å². The number of nitrogens with zero attached hydrogens (tertiary/aromatic N) is 2. The van der Waals surface area contributed by atoms with Crippen LogP contribution in [0.1, 0.15) is 19.8 Å². The molecule has 1 aromatic heterocycles. The van der Waals surface area contributed by atoms with Crippen molar-refractivity contribution in [1.29, 1.82) is 0 Å². The smallest absolute Gasteiger partial charge is 0.326 e. The van der Waals surface area contributed by atoms with Crippen LogP contribution in [0, 0.1) is 10.1 Å². The molecule has 7 heteroatoms. The number of hydrogen-bond acceptors (Lipinski definition) is 5. The van der Waals surface area contributed by atoms with Gasteiger partial charge in [0.15, 0.2) is 0 Å². The number of aromatic nitrogens is 1. The van der Waals surface area contributed by atoms with E-state index < -0.39 is 16.9 Å². The molecule has 1 aromatic carbocycles. The molecular weight excluding hydrogens is 274 g/mol. The first kappa shape index (κ1) is 14.7. The Morgan fingerprint density at radius 3 is 2.81 bits per heavy atom. The molecule has 2 aromatic rings. The van der Waals surface area contributed by atoms with Crippen LogP contribution in [0.15, 0.2) is 30.6 Å². The normalized spacial score (nSPS) is 12.0. The summed E-state index contributed by atoms with van der Waals surface area (Å²) in [7, 11) is 0.